The molecule has 1 aromatic carbocycles. The van der Waals surface area contributed by atoms with Crippen molar-refractivity contribution >= 4 is 41.7 Å². The number of benzene rings is 1. The predicted molar refractivity (Wildman–Crippen MR) is 60.0 cm³/mol. The van der Waals surface area contributed by atoms with E-state index in [-0.39, 0.29) is 5.75 Å². The molecule has 13 heavy (non-hydrogen) atoms. The van der Waals surface area contributed by atoms with Gasteiger partial charge in [0.1, 0.15) is 0 Å². The maximum atomic E-state index is 11.5. The first-order chi connectivity index (χ1) is 6.06. The minimum Gasteiger partial charge on any atom is -0.224 e. The Bertz CT molecular complexity index is 387. The normalized spacial score (nSPS) is 11.5. The van der Waals surface area contributed by atoms with Crippen molar-refractivity contribution in [3.05, 3.63) is 28.7 Å². The van der Waals surface area contributed by atoms with E-state index in [0.29, 0.717) is 10.2 Å². The van der Waals surface area contributed by atoms with Crippen LogP contribution in [0, 0.1) is 0 Å². The topological polar surface area (TPSA) is 34.1 Å². The number of sulfone groups is 1. The van der Waals surface area contributed by atoms with E-state index in [9.17, 15) is 8.42 Å². The summed E-state index contributed by atoms with van der Waals surface area (Å²) in [5.74, 6) is 0.128. The number of rotatable bonds is 3. The van der Waals surface area contributed by atoms with E-state index < -0.39 is 9.84 Å². The number of halogens is 2. The fourth-order valence-corrected chi connectivity index (χ4v) is 3.74. The fourth-order valence-electron chi connectivity index (χ4n) is 0.880. The van der Waals surface area contributed by atoms with E-state index in [2.05, 4.69) is 31.9 Å². The second-order valence-electron chi connectivity index (χ2n) is 2.47. The molecule has 0 fully saturated rings. The van der Waals surface area contributed by atoms with Crippen LogP contribution in [0.25, 0.3) is 0 Å². The summed E-state index contributed by atoms with van der Waals surface area (Å²) in [5, 5.41) is 0.460. The van der Waals surface area contributed by atoms with E-state index >= 15 is 0 Å². The summed E-state index contributed by atoms with van der Waals surface area (Å²) in [4.78, 5) is 0.362. The minimum atomic E-state index is -3.11. The van der Waals surface area contributed by atoms with Gasteiger partial charge in [-0.25, -0.2) is 8.42 Å². The number of hydrogen-bond donors (Lipinski definition) is 0. The first kappa shape index (κ1) is 11.2. The molecule has 0 atom stereocenters. The minimum absolute atomic E-state index is 0.128. The molecule has 0 saturated carbocycles. The molecule has 0 bridgehead atoms. The van der Waals surface area contributed by atoms with Crippen LogP contribution in [0.5, 0.6) is 0 Å². The molecule has 2 nitrogen and oxygen atoms in total. The highest BCUT2D eigenvalue weighted by atomic mass is 79.9. The van der Waals surface area contributed by atoms with Gasteiger partial charge in [0.15, 0.2) is 9.84 Å². The summed E-state index contributed by atoms with van der Waals surface area (Å²) in [6.07, 6.45) is 0. The quantitative estimate of drug-likeness (QED) is 0.800. The SMILES string of the molecule is O=S(=O)(CCBr)c1cccc(Br)c1. The van der Waals surface area contributed by atoms with Crippen LogP contribution < -0.4 is 0 Å². The van der Waals surface area contributed by atoms with Gasteiger partial charge >= 0.3 is 0 Å². The summed E-state index contributed by atoms with van der Waals surface area (Å²) in [5.41, 5.74) is 0. The lowest BCUT2D eigenvalue weighted by molar-refractivity contribution is 0.597. The van der Waals surface area contributed by atoms with Crippen LogP contribution in [0.3, 0.4) is 0 Å². The maximum absolute atomic E-state index is 11.5. The maximum Gasteiger partial charge on any atom is 0.179 e. The van der Waals surface area contributed by atoms with Crippen LogP contribution >= 0.6 is 31.9 Å². The van der Waals surface area contributed by atoms with Crippen LogP contribution in [0.15, 0.2) is 33.6 Å². The first-order valence-corrected chi connectivity index (χ1v) is 7.17. The zero-order chi connectivity index (χ0) is 9.90. The Morgan fingerprint density at radius 3 is 2.54 bits per heavy atom. The molecule has 0 heterocycles. The van der Waals surface area contributed by atoms with E-state index in [1.165, 1.54) is 0 Å². The van der Waals surface area contributed by atoms with Crippen LogP contribution in [-0.4, -0.2) is 19.5 Å². The van der Waals surface area contributed by atoms with Crippen molar-refractivity contribution in [2.75, 3.05) is 11.1 Å². The van der Waals surface area contributed by atoms with E-state index in [4.69, 9.17) is 0 Å². The average Bonchev–Trinajstić information content (AvgIpc) is 2.04. The summed E-state index contributed by atoms with van der Waals surface area (Å²) >= 11 is 6.34. The van der Waals surface area contributed by atoms with Gasteiger partial charge < -0.3 is 0 Å². The van der Waals surface area contributed by atoms with Crippen molar-refractivity contribution < 1.29 is 8.42 Å². The molecule has 1 aromatic rings. The molecule has 0 N–H and O–H groups in total. The van der Waals surface area contributed by atoms with Gasteiger partial charge in [-0.1, -0.05) is 37.9 Å². The molecule has 0 radical (unpaired) electrons. The lowest BCUT2D eigenvalue weighted by atomic mass is 10.4. The molecule has 0 unspecified atom stereocenters. The van der Waals surface area contributed by atoms with Crippen LogP contribution in [0.2, 0.25) is 0 Å². The highest BCUT2D eigenvalue weighted by molar-refractivity contribution is 9.10. The van der Waals surface area contributed by atoms with E-state index in [1.807, 2.05) is 0 Å². The molecule has 0 saturated heterocycles. The third kappa shape index (κ3) is 3.07. The second-order valence-corrected chi connectivity index (χ2v) is 6.28. The van der Waals surface area contributed by atoms with Crippen molar-refractivity contribution in [1.82, 2.24) is 0 Å². The Morgan fingerprint density at radius 1 is 1.31 bits per heavy atom. The first-order valence-electron chi connectivity index (χ1n) is 3.60. The summed E-state index contributed by atoms with van der Waals surface area (Å²) < 4.78 is 23.8. The Labute approximate surface area is 94.5 Å². The van der Waals surface area contributed by atoms with E-state index in [0.717, 1.165) is 4.47 Å². The lowest BCUT2D eigenvalue weighted by Crippen LogP contribution is -2.07. The molecule has 0 aromatic heterocycles. The van der Waals surface area contributed by atoms with E-state index in [1.54, 1.807) is 24.3 Å². The molecular weight excluding hydrogens is 320 g/mol. The molecule has 1 rings (SSSR count). The van der Waals surface area contributed by atoms with Crippen molar-refractivity contribution in [2.45, 2.75) is 4.90 Å². The van der Waals surface area contributed by atoms with Gasteiger partial charge in [0, 0.05) is 9.80 Å². The average molecular weight is 328 g/mol. The third-order valence-electron chi connectivity index (χ3n) is 1.50. The molecular formula is C8H8Br2O2S. The third-order valence-corrected chi connectivity index (χ3v) is 4.63. The van der Waals surface area contributed by atoms with Gasteiger partial charge in [-0.05, 0) is 18.2 Å². The van der Waals surface area contributed by atoms with Gasteiger partial charge in [0.2, 0.25) is 0 Å². The summed E-state index contributed by atoms with van der Waals surface area (Å²) in [7, 11) is -3.11. The summed E-state index contributed by atoms with van der Waals surface area (Å²) in [6, 6.07) is 6.72. The zero-order valence-electron chi connectivity index (χ0n) is 6.70. The molecule has 0 spiro atoms. The summed E-state index contributed by atoms with van der Waals surface area (Å²) in [6.45, 7) is 0. The van der Waals surface area contributed by atoms with Crippen molar-refractivity contribution in [2.24, 2.45) is 0 Å². The number of hydrogen-bond acceptors (Lipinski definition) is 2. The monoisotopic (exact) mass is 326 g/mol. The lowest BCUT2D eigenvalue weighted by Gasteiger charge is -2.01. The Hall–Kier alpha value is 0.130. The van der Waals surface area contributed by atoms with Gasteiger partial charge in [0.05, 0.1) is 10.6 Å². The predicted octanol–water partition coefficient (Wildman–Crippen LogP) is 2.62. The number of alkyl halides is 1. The molecule has 72 valence electrons. The van der Waals surface area contributed by atoms with Crippen LogP contribution in [-0.2, 0) is 9.84 Å². The Kier molecular flexibility index (Phi) is 3.94. The van der Waals surface area contributed by atoms with Gasteiger partial charge in [-0.2, -0.15) is 0 Å². The van der Waals surface area contributed by atoms with Gasteiger partial charge in [-0.3, -0.25) is 0 Å². The largest absolute Gasteiger partial charge is 0.224 e. The Balaban J connectivity index is 3.08. The smallest absolute Gasteiger partial charge is 0.179 e. The highest BCUT2D eigenvalue weighted by Crippen LogP contribution is 2.17. The molecule has 5 heteroatoms. The standard InChI is InChI=1S/C8H8Br2O2S/c9-4-5-13(11,12)8-3-1-2-7(10)6-8/h1-3,6H,4-5H2. The molecule has 0 aliphatic heterocycles. The fraction of sp³-hybridized carbons (Fsp3) is 0.250. The van der Waals surface area contributed by atoms with Crippen LogP contribution in [0.1, 0.15) is 0 Å². The molecule has 0 aliphatic carbocycles. The zero-order valence-corrected chi connectivity index (χ0v) is 10.7. The highest BCUT2D eigenvalue weighted by Gasteiger charge is 2.12. The second kappa shape index (κ2) is 4.57. The molecule has 0 aliphatic rings. The Morgan fingerprint density at radius 2 is 2.00 bits per heavy atom. The van der Waals surface area contributed by atoms with Gasteiger partial charge in [-0.15, -0.1) is 0 Å². The van der Waals surface area contributed by atoms with Crippen molar-refractivity contribution in [1.29, 1.82) is 0 Å². The van der Waals surface area contributed by atoms with Crippen molar-refractivity contribution in [3.63, 3.8) is 0 Å². The van der Waals surface area contributed by atoms with Crippen molar-refractivity contribution in [3.8, 4) is 0 Å². The van der Waals surface area contributed by atoms with Gasteiger partial charge in [0.25, 0.3) is 0 Å². The molecule has 0 amide bonds. The van der Waals surface area contributed by atoms with Crippen LogP contribution in [0.4, 0.5) is 0 Å².